The average molecular weight is 336 g/mol. The Morgan fingerprint density at radius 1 is 0.950 bits per heavy atom. The van der Waals surface area contributed by atoms with Gasteiger partial charge in [-0.1, -0.05) is 34.1 Å². The van der Waals surface area contributed by atoms with Crippen LogP contribution in [-0.2, 0) is 0 Å². The molecule has 2 aromatic rings. The van der Waals surface area contributed by atoms with Gasteiger partial charge in [-0.25, -0.2) is 0 Å². The number of rotatable bonds is 4. The van der Waals surface area contributed by atoms with Gasteiger partial charge in [-0.3, -0.25) is 0 Å². The molecule has 2 aromatic carbocycles. The van der Waals surface area contributed by atoms with Crippen LogP contribution in [0.15, 0.2) is 40.9 Å². The third-order valence-corrected chi connectivity index (χ3v) is 4.20. The molecule has 0 aliphatic carbocycles. The topological polar surface area (TPSA) is 44.5 Å². The molecule has 0 bridgehead atoms. The van der Waals surface area contributed by atoms with E-state index < -0.39 is 0 Å². The normalized spacial score (nSPS) is 12.1. The maximum Gasteiger partial charge on any atom is 0.161 e. The van der Waals surface area contributed by atoms with Gasteiger partial charge in [0.1, 0.15) is 0 Å². The fourth-order valence-electron chi connectivity index (χ4n) is 2.10. The van der Waals surface area contributed by atoms with Crippen LogP contribution in [0.4, 0.5) is 0 Å². The standard InChI is InChI=1S/C16H18BrNO2/c1-10-8-11(4-6-13(10)17)16(18)12-5-7-14(19-2)15(9-12)20-3/h4-9,16H,18H2,1-3H3. The summed E-state index contributed by atoms with van der Waals surface area (Å²) in [5.41, 5.74) is 9.56. The number of methoxy groups -OCH3 is 2. The van der Waals surface area contributed by atoms with E-state index in [0.717, 1.165) is 15.6 Å². The average Bonchev–Trinajstić information content (AvgIpc) is 2.48. The van der Waals surface area contributed by atoms with Gasteiger partial charge in [-0.15, -0.1) is 0 Å². The molecule has 0 saturated carbocycles. The highest BCUT2D eigenvalue weighted by Crippen LogP contribution is 2.32. The van der Waals surface area contributed by atoms with Crippen LogP contribution >= 0.6 is 15.9 Å². The van der Waals surface area contributed by atoms with Crippen molar-refractivity contribution in [3.63, 3.8) is 0 Å². The van der Waals surface area contributed by atoms with Crippen LogP contribution in [0.3, 0.4) is 0 Å². The number of hydrogen-bond donors (Lipinski definition) is 1. The molecule has 0 aromatic heterocycles. The smallest absolute Gasteiger partial charge is 0.161 e. The van der Waals surface area contributed by atoms with Gasteiger partial charge in [-0.2, -0.15) is 0 Å². The van der Waals surface area contributed by atoms with E-state index >= 15 is 0 Å². The number of benzene rings is 2. The van der Waals surface area contributed by atoms with Gasteiger partial charge in [0.2, 0.25) is 0 Å². The van der Waals surface area contributed by atoms with Gasteiger partial charge in [0, 0.05) is 4.47 Å². The van der Waals surface area contributed by atoms with Crippen molar-refractivity contribution in [3.05, 3.63) is 57.6 Å². The van der Waals surface area contributed by atoms with Gasteiger partial charge in [0.05, 0.1) is 20.3 Å². The van der Waals surface area contributed by atoms with Gasteiger partial charge in [0.15, 0.2) is 11.5 Å². The van der Waals surface area contributed by atoms with Crippen LogP contribution in [0.25, 0.3) is 0 Å². The number of nitrogens with two attached hydrogens (primary N) is 1. The Kier molecular flexibility index (Phi) is 4.68. The van der Waals surface area contributed by atoms with Gasteiger partial charge in [0.25, 0.3) is 0 Å². The molecule has 4 heteroatoms. The summed E-state index contributed by atoms with van der Waals surface area (Å²) in [5.74, 6) is 1.39. The summed E-state index contributed by atoms with van der Waals surface area (Å²) in [4.78, 5) is 0. The minimum atomic E-state index is -0.193. The second-order valence-corrected chi connectivity index (χ2v) is 5.46. The Labute approximate surface area is 127 Å². The molecule has 0 amide bonds. The van der Waals surface area contributed by atoms with Crippen LogP contribution in [0.1, 0.15) is 22.7 Å². The Morgan fingerprint density at radius 3 is 2.15 bits per heavy atom. The van der Waals surface area contributed by atoms with Gasteiger partial charge < -0.3 is 15.2 Å². The molecular formula is C16H18BrNO2. The number of ether oxygens (including phenoxy) is 2. The summed E-state index contributed by atoms with van der Waals surface area (Å²) in [7, 11) is 3.24. The van der Waals surface area contributed by atoms with E-state index in [2.05, 4.69) is 28.9 Å². The van der Waals surface area contributed by atoms with Crippen LogP contribution in [0.2, 0.25) is 0 Å². The highest BCUT2D eigenvalue weighted by Gasteiger charge is 2.13. The molecule has 0 saturated heterocycles. The van der Waals surface area contributed by atoms with E-state index in [-0.39, 0.29) is 6.04 Å². The molecule has 0 aliphatic heterocycles. The predicted octanol–water partition coefficient (Wildman–Crippen LogP) is 3.82. The van der Waals surface area contributed by atoms with E-state index in [0.29, 0.717) is 11.5 Å². The molecule has 0 spiro atoms. The van der Waals surface area contributed by atoms with E-state index in [1.807, 2.05) is 30.3 Å². The van der Waals surface area contributed by atoms with Crippen molar-refractivity contribution in [2.45, 2.75) is 13.0 Å². The highest BCUT2D eigenvalue weighted by molar-refractivity contribution is 9.10. The van der Waals surface area contributed by atoms with Crippen LogP contribution in [0.5, 0.6) is 11.5 Å². The van der Waals surface area contributed by atoms with Crippen LogP contribution in [0, 0.1) is 6.92 Å². The minimum Gasteiger partial charge on any atom is -0.493 e. The number of hydrogen-bond acceptors (Lipinski definition) is 3. The lowest BCUT2D eigenvalue weighted by atomic mass is 9.98. The first kappa shape index (κ1) is 14.9. The summed E-state index contributed by atoms with van der Waals surface area (Å²) in [5, 5.41) is 0. The summed E-state index contributed by atoms with van der Waals surface area (Å²) in [6, 6.07) is 11.7. The molecule has 0 aliphatic rings. The third-order valence-electron chi connectivity index (χ3n) is 3.31. The summed E-state index contributed by atoms with van der Waals surface area (Å²) >= 11 is 3.50. The van der Waals surface area contributed by atoms with E-state index in [1.165, 1.54) is 5.56 Å². The van der Waals surface area contributed by atoms with E-state index in [1.54, 1.807) is 14.2 Å². The molecule has 20 heavy (non-hydrogen) atoms. The molecular weight excluding hydrogens is 318 g/mol. The summed E-state index contributed by atoms with van der Waals surface area (Å²) in [6.45, 7) is 2.05. The van der Waals surface area contributed by atoms with E-state index in [4.69, 9.17) is 15.2 Å². The lowest BCUT2D eigenvalue weighted by Crippen LogP contribution is -2.12. The zero-order valence-electron chi connectivity index (χ0n) is 11.8. The zero-order chi connectivity index (χ0) is 14.7. The molecule has 0 heterocycles. The molecule has 3 nitrogen and oxygen atoms in total. The quantitative estimate of drug-likeness (QED) is 0.923. The van der Waals surface area contributed by atoms with Gasteiger partial charge >= 0.3 is 0 Å². The van der Waals surface area contributed by atoms with Crippen molar-refractivity contribution >= 4 is 15.9 Å². The molecule has 1 atom stereocenters. The Balaban J connectivity index is 2.37. The molecule has 0 radical (unpaired) electrons. The second kappa shape index (κ2) is 6.29. The zero-order valence-corrected chi connectivity index (χ0v) is 13.4. The Bertz CT molecular complexity index is 613. The first-order valence-electron chi connectivity index (χ1n) is 6.30. The molecule has 1 unspecified atom stereocenters. The maximum absolute atomic E-state index is 6.34. The Hall–Kier alpha value is -1.52. The van der Waals surface area contributed by atoms with Crippen molar-refractivity contribution in [1.82, 2.24) is 0 Å². The van der Waals surface area contributed by atoms with Crippen molar-refractivity contribution in [1.29, 1.82) is 0 Å². The lowest BCUT2D eigenvalue weighted by molar-refractivity contribution is 0.354. The SMILES string of the molecule is COc1ccc(C(N)c2ccc(Br)c(C)c2)cc1OC. The van der Waals surface area contributed by atoms with Crippen molar-refractivity contribution in [2.75, 3.05) is 14.2 Å². The Morgan fingerprint density at radius 2 is 1.55 bits per heavy atom. The molecule has 0 fully saturated rings. The molecule has 2 rings (SSSR count). The maximum atomic E-state index is 6.34. The molecule has 2 N–H and O–H groups in total. The van der Waals surface area contributed by atoms with Crippen molar-refractivity contribution < 1.29 is 9.47 Å². The second-order valence-electron chi connectivity index (χ2n) is 4.60. The van der Waals surface area contributed by atoms with E-state index in [9.17, 15) is 0 Å². The first-order chi connectivity index (χ1) is 9.56. The summed E-state index contributed by atoms with van der Waals surface area (Å²) < 4.78 is 11.6. The third kappa shape index (κ3) is 2.97. The van der Waals surface area contributed by atoms with Gasteiger partial charge in [-0.05, 0) is 41.8 Å². The summed E-state index contributed by atoms with van der Waals surface area (Å²) in [6.07, 6.45) is 0. The minimum absolute atomic E-state index is 0.193. The molecule has 106 valence electrons. The van der Waals surface area contributed by atoms with Crippen LogP contribution < -0.4 is 15.2 Å². The predicted molar refractivity (Wildman–Crippen MR) is 84.5 cm³/mol. The highest BCUT2D eigenvalue weighted by atomic mass is 79.9. The van der Waals surface area contributed by atoms with Crippen molar-refractivity contribution in [2.24, 2.45) is 5.73 Å². The first-order valence-corrected chi connectivity index (χ1v) is 7.09. The number of aryl methyl sites for hydroxylation is 1. The van der Waals surface area contributed by atoms with Crippen LogP contribution in [-0.4, -0.2) is 14.2 Å². The fraction of sp³-hybridized carbons (Fsp3) is 0.250. The number of halogens is 1. The monoisotopic (exact) mass is 335 g/mol. The fourth-order valence-corrected chi connectivity index (χ4v) is 2.35. The van der Waals surface area contributed by atoms with Crippen molar-refractivity contribution in [3.8, 4) is 11.5 Å². The lowest BCUT2D eigenvalue weighted by Gasteiger charge is -2.16. The largest absolute Gasteiger partial charge is 0.493 e.